The van der Waals surface area contributed by atoms with Gasteiger partial charge >= 0.3 is 0 Å². The van der Waals surface area contributed by atoms with Crippen molar-refractivity contribution in [1.82, 2.24) is 10.2 Å². The van der Waals surface area contributed by atoms with Gasteiger partial charge in [0.15, 0.2) is 0 Å². The van der Waals surface area contributed by atoms with Gasteiger partial charge in [0.2, 0.25) is 0 Å². The summed E-state index contributed by atoms with van der Waals surface area (Å²) < 4.78 is 0. The Labute approximate surface area is 95.4 Å². The molecular weight excluding hydrogens is 184 g/mol. The summed E-state index contributed by atoms with van der Waals surface area (Å²) >= 11 is 0. The second-order valence-electron chi connectivity index (χ2n) is 5.73. The SMILES string of the molecule is CC(C)CCN(C)CC1CC(C)CCN1. The quantitative estimate of drug-likeness (QED) is 0.752. The van der Waals surface area contributed by atoms with E-state index in [2.05, 4.69) is 38.0 Å². The lowest BCUT2D eigenvalue weighted by Gasteiger charge is -2.31. The van der Waals surface area contributed by atoms with Crippen LogP contribution in [0.3, 0.4) is 0 Å². The second-order valence-corrected chi connectivity index (χ2v) is 5.73. The topological polar surface area (TPSA) is 15.3 Å². The molecule has 15 heavy (non-hydrogen) atoms. The summed E-state index contributed by atoms with van der Waals surface area (Å²) in [5, 5.41) is 3.63. The summed E-state index contributed by atoms with van der Waals surface area (Å²) in [5.74, 6) is 1.74. The maximum absolute atomic E-state index is 3.63. The van der Waals surface area contributed by atoms with Crippen molar-refractivity contribution in [2.75, 3.05) is 26.7 Å². The van der Waals surface area contributed by atoms with Crippen LogP contribution in [0, 0.1) is 11.8 Å². The molecule has 1 aliphatic rings. The van der Waals surface area contributed by atoms with E-state index < -0.39 is 0 Å². The fraction of sp³-hybridized carbons (Fsp3) is 1.00. The van der Waals surface area contributed by atoms with Gasteiger partial charge in [0.25, 0.3) is 0 Å². The smallest absolute Gasteiger partial charge is 0.0197 e. The molecule has 0 saturated carbocycles. The summed E-state index contributed by atoms with van der Waals surface area (Å²) in [5.41, 5.74) is 0. The van der Waals surface area contributed by atoms with Crippen LogP contribution in [0.15, 0.2) is 0 Å². The van der Waals surface area contributed by atoms with E-state index in [1.165, 1.54) is 38.9 Å². The van der Waals surface area contributed by atoms with Crippen LogP contribution in [0.5, 0.6) is 0 Å². The molecule has 1 heterocycles. The Hall–Kier alpha value is -0.0800. The fourth-order valence-corrected chi connectivity index (χ4v) is 2.31. The lowest BCUT2D eigenvalue weighted by molar-refractivity contribution is 0.227. The molecule has 0 bridgehead atoms. The summed E-state index contributed by atoms with van der Waals surface area (Å²) in [4.78, 5) is 2.48. The average Bonchev–Trinajstić information content (AvgIpc) is 2.15. The van der Waals surface area contributed by atoms with E-state index in [-0.39, 0.29) is 0 Å². The maximum Gasteiger partial charge on any atom is 0.0197 e. The third kappa shape index (κ3) is 5.53. The van der Waals surface area contributed by atoms with Crippen molar-refractivity contribution in [2.24, 2.45) is 11.8 Å². The van der Waals surface area contributed by atoms with Gasteiger partial charge < -0.3 is 10.2 Å². The minimum atomic E-state index is 0.728. The first kappa shape index (κ1) is 13.0. The van der Waals surface area contributed by atoms with Crippen LogP contribution in [-0.4, -0.2) is 37.6 Å². The van der Waals surface area contributed by atoms with Gasteiger partial charge in [0.1, 0.15) is 0 Å². The average molecular weight is 212 g/mol. The van der Waals surface area contributed by atoms with Crippen molar-refractivity contribution >= 4 is 0 Å². The lowest BCUT2D eigenvalue weighted by atomic mass is 9.94. The highest BCUT2D eigenvalue weighted by molar-refractivity contribution is 4.78. The van der Waals surface area contributed by atoms with E-state index in [0.717, 1.165) is 17.9 Å². The van der Waals surface area contributed by atoms with Crippen molar-refractivity contribution in [2.45, 2.75) is 46.1 Å². The van der Waals surface area contributed by atoms with Crippen LogP contribution in [0.2, 0.25) is 0 Å². The van der Waals surface area contributed by atoms with E-state index in [1.54, 1.807) is 0 Å². The Balaban J connectivity index is 2.16. The zero-order valence-electron chi connectivity index (χ0n) is 10.9. The molecule has 2 atom stereocenters. The van der Waals surface area contributed by atoms with E-state index >= 15 is 0 Å². The number of piperidine rings is 1. The highest BCUT2D eigenvalue weighted by Gasteiger charge is 2.19. The second kappa shape index (κ2) is 6.49. The first-order chi connectivity index (χ1) is 7.08. The van der Waals surface area contributed by atoms with Crippen LogP contribution in [0.25, 0.3) is 0 Å². The van der Waals surface area contributed by atoms with Crippen LogP contribution in [0.1, 0.15) is 40.0 Å². The molecule has 0 aromatic heterocycles. The van der Waals surface area contributed by atoms with Gasteiger partial charge in [-0.05, 0) is 51.2 Å². The van der Waals surface area contributed by atoms with Crippen LogP contribution in [0.4, 0.5) is 0 Å². The monoisotopic (exact) mass is 212 g/mol. The van der Waals surface area contributed by atoms with Crippen LogP contribution >= 0.6 is 0 Å². The van der Waals surface area contributed by atoms with Gasteiger partial charge in [-0.2, -0.15) is 0 Å². The van der Waals surface area contributed by atoms with Gasteiger partial charge in [0, 0.05) is 12.6 Å². The zero-order chi connectivity index (χ0) is 11.3. The van der Waals surface area contributed by atoms with Gasteiger partial charge in [-0.15, -0.1) is 0 Å². The minimum Gasteiger partial charge on any atom is -0.313 e. The van der Waals surface area contributed by atoms with Crippen molar-refractivity contribution in [1.29, 1.82) is 0 Å². The van der Waals surface area contributed by atoms with E-state index in [9.17, 15) is 0 Å². The van der Waals surface area contributed by atoms with Gasteiger partial charge in [-0.1, -0.05) is 20.8 Å². The summed E-state index contributed by atoms with van der Waals surface area (Å²) in [6, 6.07) is 0.728. The Morgan fingerprint density at radius 3 is 2.73 bits per heavy atom. The molecule has 0 spiro atoms. The third-order valence-corrected chi connectivity index (χ3v) is 3.38. The lowest BCUT2D eigenvalue weighted by Crippen LogP contribution is -2.44. The van der Waals surface area contributed by atoms with Crippen molar-refractivity contribution in [3.63, 3.8) is 0 Å². The standard InChI is InChI=1S/C13H28N2/c1-11(2)6-8-15(4)10-13-9-12(3)5-7-14-13/h11-14H,5-10H2,1-4H3. The Bertz CT molecular complexity index is 168. The molecule has 1 aliphatic heterocycles. The Morgan fingerprint density at radius 1 is 1.40 bits per heavy atom. The number of hydrogen-bond donors (Lipinski definition) is 1. The Morgan fingerprint density at radius 2 is 2.13 bits per heavy atom. The zero-order valence-corrected chi connectivity index (χ0v) is 10.9. The highest BCUT2D eigenvalue weighted by atomic mass is 15.1. The van der Waals surface area contributed by atoms with Crippen LogP contribution in [-0.2, 0) is 0 Å². The fourth-order valence-electron chi connectivity index (χ4n) is 2.31. The molecular formula is C13H28N2. The predicted molar refractivity (Wildman–Crippen MR) is 67.1 cm³/mol. The molecule has 0 aromatic carbocycles. The molecule has 0 amide bonds. The molecule has 1 fully saturated rings. The first-order valence-electron chi connectivity index (χ1n) is 6.50. The molecule has 1 rings (SSSR count). The van der Waals surface area contributed by atoms with Gasteiger partial charge in [0.05, 0.1) is 0 Å². The maximum atomic E-state index is 3.63. The molecule has 2 nitrogen and oxygen atoms in total. The number of likely N-dealkylation sites (N-methyl/N-ethyl adjacent to an activating group) is 1. The summed E-state index contributed by atoms with van der Waals surface area (Å²) in [6.07, 6.45) is 4.02. The van der Waals surface area contributed by atoms with Gasteiger partial charge in [-0.3, -0.25) is 0 Å². The van der Waals surface area contributed by atoms with Crippen molar-refractivity contribution < 1.29 is 0 Å². The normalized spacial score (nSPS) is 27.6. The third-order valence-electron chi connectivity index (χ3n) is 3.38. The molecule has 2 unspecified atom stereocenters. The van der Waals surface area contributed by atoms with Crippen molar-refractivity contribution in [3.05, 3.63) is 0 Å². The number of nitrogens with zero attached hydrogens (tertiary/aromatic N) is 1. The number of hydrogen-bond acceptors (Lipinski definition) is 2. The summed E-state index contributed by atoms with van der Waals surface area (Å²) in [6.45, 7) is 10.6. The first-order valence-corrected chi connectivity index (χ1v) is 6.50. The van der Waals surface area contributed by atoms with Gasteiger partial charge in [-0.25, -0.2) is 0 Å². The van der Waals surface area contributed by atoms with E-state index in [4.69, 9.17) is 0 Å². The number of rotatable bonds is 5. The number of nitrogens with one attached hydrogen (secondary N) is 1. The molecule has 2 heteroatoms. The van der Waals surface area contributed by atoms with Crippen LogP contribution < -0.4 is 5.32 Å². The predicted octanol–water partition coefficient (Wildman–Crippen LogP) is 2.35. The minimum absolute atomic E-state index is 0.728. The molecule has 1 N–H and O–H groups in total. The molecule has 90 valence electrons. The largest absolute Gasteiger partial charge is 0.313 e. The van der Waals surface area contributed by atoms with E-state index in [0.29, 0.717) is 0 Å². The molecule has 0 radical (unpaired) electrons. The van der Waals surface area contributed by atoms with Crippen molar-refractivity contribution in [3.8, 4) is 0 Å². The Kier molecular flexibility index (Phi) is 5.62. The summed E-state index contributed by atoms with van der Waals surface area (Å²) in [7, 11) is 2.25. The molecule has 0 aromatic rings. The molecule has 0 aliphatic carbocycles. The molecule has 1 saturated heterocycles. The van der Waals surface area contributed by atoms with E-state index in [1.807, 2.05) is 0 Å². The highest BCUT2D eigenvalue weighted by Crippen LogP contribution is 2.15.